The van der Waals surface area contributed by atoms with Crippen LogP contribution in [0.15, 0.2) is 18.7 Å². The van der Waals surface area contributed by atoms with Crippen LogP contribution in [0.4, 0.5) is 0 Å². The summed E-state index contributed by atoms with van der Waals surface area (Å²) in [5.74, 6) is -1.42. The molecule has 7 heteroatoms. The van der Waals surface area contributed by atoms with E-state index >= 15 is 0 Å². The summed E-state index contributed by atoms with van der Waals surface area (Å²) in [4.78, 5) is 12.6. The molecule has 0 aliphatic heterocycles. The SMILES string of the molecule is CC(O)P(=O)(O)On1ccnc1. The van der Waals surface area contributed by atoms with Crippen molar-refractivity contribution in [1.29, 1.82) is 0 Å². The predicted octanol–water partition coefficient (Wildman–Crippen LogP) is -0.165. The molecule has 0 aromatic carbocycles. The smallest absolute Gasteiger partial charge is 0.380 e. The Labute approximate surface area is 68.9 Å². The first-order chi connectivity index (χ1) is 5.52. The predicted molar refractivity (Wildman–Crippen MR) is 40.3 cm³/mol. The van der Waals surface area contributed by atoms with Crippen molar-refractivity contribution in [2.75, 3.05) is 0 Å². The topological polar surface area (TPSA) is 84.6 Å². The number of hydrogen-bond donors (Lipinski definition) is 2. The van der Waals surface area contributed by atoms with Crippen molar-refractivity contribution in [1.82, 2.24) is 9.71 Å². The third-order valence-electron chi connectivity index (χ3n) is 1.16. The summed E-state index contributed by atoms with van der Waals surface area (Å²) in [6.07, 6.45) is 3.96. The Morgan fingerprint density at radius 1 is 1.75 bits per heavy atom. The Kier molecular flexibility index (Phi) is 2.52. The van der Waals surface area contributed by atoms with Crippen molar-refractivity contribution >= 4 is 7.60 Å². The average Bonchev–Trinajstić information content (AvgIpc) is 2.38. The lowest BCUT2D eigenvalue weighted by Gasteiger charge is -2.14. The monoisotopic (exact) mass is 192 g/mol. The van der Waals surface area contributed by atoms with Crippen LogP contribution in [0, 0.1) is 0 Å². The Hall–Kier alpha value is -0.840. The Bertz CT molecular complexity index is 284. The third kappa shape index (κ3) is 2.07. The van der Waals surface area contributed by atoms with Crippen LogP contribution in [0.25, 0.3) is 0 Å². The van der Waals surface area contributed by atoms with Gasteiger partial charge in [0.25, 0.3) is 0 Å². The average molecular weight is 192 g/mol. The van der Waals surface area contributed by atoms with E-state index in [0.29, 0.717) is 0 Å². The number of aliphatic hydroxyl groups is 1. The largest absolute Gasteiger partial charge is 0.423 e. The standard InChI is InChI=1S/C5H9N2O4P/c1-5(8)12(9,10)11-7-3-2-6-4-7/h2-5,8H,1H3,(H,9,10). The first kappa shape index (κ1) is 9.25. The van der Waals surface area contributed by atoms with E-state index in [1.165, 1.54) is 25.6 Å². The van der Waals surface area contributed by atoms with E-state index in [4.69, 9.17) is 10.00 Å². The first-order valence-corrected chi connectivity index (χ1v) is 4.85. The maximum atomic E-state index is 11.0. The number of rotatable bonds is 3. The fraction of sp³-hybridized carbons (Fsp3) is 0.400. The van der Waals surface area contributed by atoms with Crippen LogP contribution in [0.2, 0.25) is 0 Å². The van der Waals surface area contributed by atoms with Crippen molar-refractivity contribution in [3.05, 3.63) is 18.7 Å². The molecule has 0 aliphatic rings. The third-order valence-corrected chi connectivity index (χ3v) is 2.53. The second-order valence-corrected chi connectivity index (χ2v) is 4.24. The molecule has 1 rings (SSSR count). The first-order valence-electron chi connectivity index (χ1n) is 3.21. The highest BCUT2D eigenvalue weighted by Crippen LogP contribution is 2.42. The number of aliphatic hydroxyl groups excluding tert-OH is 1. The highest BCUT2D eigenvalue weighted by atomic mass is 31.2. The molecule has 0 spiro atoms. The highest BCUT2D eigenvalue weighted by molar-refractivity contribution is 7.53. The summed E-state index contributed by atoms with van der Waals surface area (Å²) < 4.78 is 16.5. The van der Waals surface area contributed by atoms with Gasteiger partial charge in [-0.1, -0.05) is 0 Å². The summed E-state index contributed by atoms with van der Waals surface area (Å²) >= 11 is 0. The van der Waals surface area contributed by atoms with Gasteiger partial charge in [0.1, 0.15) is 6.33 Å². The Balaban J connectivity index is 2.69. The molecule has 0 bridgehead atoms. The molecule has 12 heavy (non-hydrogen) atoms. The molecule has 1 aromatic rings. The minimum Gasteiger partial charge on any atom is -0.380 e. The van der Waals surface area contributed by atoms with Crippen LogP contribution < -0.4 is 4.62 Å². The second-order valence-electron chi connectivity index (χ2n) is 2.20. The molecular formula is C5H9N2O4P. The fourth-order valence-electron chi connectivity index (χ4n) is 0.498. The van der Waals surface area contributed by atoms with E-state index in [1.807, 2.05) is 0 Å². The maximum Gasteiger partial charge on any atom is 0.423 e. The van der Waals surface area contributed by atoms with E-state index in [1.54, 1.807) is 0 Å². The van der Waals surface area contributed by atoms with Crippen molar-refractivity contribution < 1.29 is 19.2 Å². The Morgan fingerprint density at radius 3 is 2.83 bits per heavy atom. The molecule has 68 valence electrons. The zero-order valence-corrected chi connectivity index (χ0v) is 7.26. The van der Waals surface area contributed by atoms with Crippen molar-refractivity contribution in [3.8, 4) is 0 Å². The van der Waals surface area contributed by atoms with Crippen LogP contribution in [0.1, 0.15) is 6.92 Å². The minimum atomic E-state index is -3.97. The van der Waals surface area contributed by atoms with Crippen LogP contribution in [0.3, 0.4) is 0 Å². The zero-order valence-electron chi connectivity index (χ0n) is 6.36. The van der Waals surface area contributed by atoms with Gasteiger partial charge >= 0.3 is 7.60 Å². The molecule has 2 atom stereocenters. The van der Waals surface area contributed by atoms with E-state index in [9.17, 15) is 4.57 Å². The fourth-order valence-corrected chi connectivity index (χ4v) is 1.00. The van der Waals surface area contributed by atoms with E-state index < -0.39 is 13.4 Å². The van der Waals surface area contributed by atoms with Gasteiger partial charge in [-0.25, -0.2) is 9.55 Å². The molecule has 0 fully saturated rings. The van der Waals surface area contributed by atoms with Gasteiger partial charge in [0.05, 0.1) is 6.20 Å². The Morgan fingerprint density at radius 2 is 2.42 bits per heavy atom. The van der Waals surface area contributed by atoms with Gasteiger partial charge in [-0.05, 0) is 6.92 Å². The van der Waals surface area contributed by atoms with Crippen LogP contribution in [-0.4, -0.2) is 25.6 Å². The van der Waals surface area contributed by atoms with E-state index in [-0.39, 0.29) is 0 Å². The number of aromatic nitrogens is 2. The highest BCUT2D eigenvalue weighted by Gasteiger charge is 2.28. The summed E-state index contributed by atoms with van der Waals surface area (Å²) in [5.41, 5.74) is 0. The normalized spacial score (nSPS) is 18.2. The molecule has 2 unspecified atom stereocenters. The summed E-state index contributed by atoms with van der Waals surface area (Å²) in [6.45, 7) is 1.18. The van der Waals surface area contributed by atoms with Crippen LogP contribution in [0.5, 0.6) is 0 Å². The van der Waals surface area contributed by atoms with Crippen molar-refractivity contribution in [2.24, 2.45) is 0 Å². The maximum absolute atomic E-state index is 11.0. The molecule has 0 saturated heterocycles. The molecular weight excluding hydrogens is 183 g/mol. The van der Waals surface area contributed by atoms with Gasteiger partial charge < -0.3 is 14.6 Å². The number of nitrogens with zero attached hydrogens (tertiary/aromatic N) is 2. The molecule has 0 aliphatic carbocycles. The second kappa shape index (κ2) is 3.26. The summed E-state index contributed by atoms with van der Waals surface area (Å²) in [5, 5.41) is 8.81. The van der Waals surface area contributed by atoms with Crippen molar-refractivity contribution in [2.45, 2.75) is 12.8 Å². The van der Waals surface area contributed by atoms with Gasteiger partial charge in [0.15, 0.2) is 5.85 Å². The van der Waals surface area contributed by atoms with Gasteiger partial charge in [0, 0.05) is 6.20 Å². The number of hydrogen-bond acceptors (Lipinski definition) is 4. The molecule has 0 radical (unpaired) electrons. The lowest BCUT2D eigenvalue weighted by Crippen LogP contribution is -2.14. The van der Waals surface area contributed by atoms with E-state index in [2.05, 4.69) is 9.61 Å². The molecule has 0 amide bonds. The molecule has 6 nitrogen and oxygen atoms in total. The lowest BCUT2D eigenvalue weighted by atomic mass is 10.9. The zero-order chi connectivity index (χ0) is 9.19. The van der Waals surface area contributed by atoms with Crippen LogP contribution >= 0.6 is 7.60 Å². The minimum absolute atomic E-state index is 0.966. The van der Waals surface area contributed by atoms with Gasteiger partial charge in [0.2, 0.25) is 0 Å². The molecule has 1 heterocycles. The summed E-state index contributed by atoms with van der Waals surface area (Å²) in [6, 6.07) is 0. The number of imidazole rings is 1. The molecule has 0 saturated carbocycles. The van der Waals surface area contributed by atoms with Gasteiger partial charge in [-0.3, -0.25) is 0 Å². The lowest BCUT2D eigenvalue weighted by molar-refractivity contribution is 0.169. The molecule has 2 N–H and O–H groups in total. The molecule has 1 aromatic heterocycles. The quantitative estimate of drug-likeness (QED) is 0.649. The summed E-state index contributed by atoms with van der Waals surface area (Å²) in [7, 11) is -3.97. The van der Waals surface area contributed by atoms with E-state index in [0.717, 1.165) is 4.73 Å². The van der Waals surface area contributed by atoms with Crippen LogP contribution in [-0.2, 0) is 4.57 Å². The van der Waals surface area contributed by atoms with Gasteiger partial charge in [-0.15, -0.1) is 0 Å². The van der Waals surface area contributed by atoms with Crippen molar-refractivity contribution in [3.63, 3.8) is 0 Å². The van der Waals surface area contributed by atoms with Gasteiger partial charge in [-0.2, -0.15) is 4.73 Å².